The van der Waals surface area contributed by atoms with Crippen molar-refractivity contribution in [3.8, 4) is 5.69 Å². The number of carboxylic acid groups (broad SMARTS) is 1. The molecule has 1 saturated heterocycles. The zero-order valence-corrected chi connectivity index (χ0v) is 26.3. The number of aromatic carboxylic acids is 1. The van der Waals surface area contributed by atoms with E-state index in [1.807, 2.05) is 69.3 Å². The standard InChI is InChI=1S/C34H29N5O4S2/c1-20-7-8-23(33(40)41)19-30(20)37-21(2)18-28(22(37)3)32-31(29-6-4-5-17-35-29)36-34(44)38(32)24-9-13-26(14-10-24)45-27-15-11-25(12-16-27)39(42)43/h4-19,31-32H,1-3H3,(H,36,44)(H,40,41)/t31-,32-/m1/s1. The van der Waals surface area contributed by atoms with E-state index in [-0.39, 0.29) is 23.3 Å². The number of pyridine rings is 1. The minimum Gasteiger partial charge on any atom is -0.478 e. The first-order valence-electron chi connectivity index (χ1n) is 14.2. The molecule has 226 valence electrons. The van der Waals surface area contributed by atoms with E-state index in [9.17, 15) is 20.0 Å². The first-order chi connectivity index (χ1) is 21.6. The first kappa shape index (κ1) is 30.0. The van der Waals surface area contributed by atoms with E-state index in [2.05, 4.69) is 25.8 Å². The number of nitro benzene ring substituents is 1. The smallest absolute Gasteiger partial charge is 0.335 e. The van der Waals surface area contributed by atoms with Gasteiger partial charge < -0.3 is 19.9 Å². The lowest BCUT2D eigenvalue weighted by Crippen LogP contribution is -2.29. The van der Waals surface area contributed by atoms with E-state index in [0.29, 0.717) is 5.11 Å². The number of nitro groups is 1. The zero-order chi connectivity index (χ0) is 31.8. The van der Waals surface area contributed by atoms with Crippen molar-refractivity contribution < 1.29 is 14.8 Å². The van der Waals surface area contributed by atoms with Gasteiger partial charge in [0.05, 0.1) is 28.3 Å². The second-order valence-electron chi connectivity index (χ2n) is 10.8. The van der Waals surface area contributed by atoms with Crippen LogP contribution in [0.1, 0.15) is 50.7 Å². The molecule has 0 aliphatic carbocycles. The highest BCUT2D eigenvalue weighted by atomic mass is 32.2. The number of aromatic nitrogens is 2. The highest BCUT2D eigenvalue weighted by Crippen LogP contribution is 2.44. The molecule has 0 saturated carbocycles. The van der Waals surface area contributed by atoms with Crippen LogP contribution in [-0.2, 0) is 0 Å². The lowest BCUT2D eigenvalue weighted by Gasteiger charge is -2.28. The van der Waals surface area contributed by atoms with Gasteiger partial charge in [-0.2, -0.15) is 0 Å². The third kappa shape index (κ3) is 5.79. The highest BCUT2D eigenvalue weighted by Gasteiger charge is 2.42. The molecule has 0 bridgehead atoms. The molecule has 2 N–H and O–H groups in total. The largest absolute Gasteiger partial charge is 0.478 e. The Morgan fingerprint density at radius 3 is 2.29 bits per heavy atom. The SMILES string of the molecule is Cc1ccc(C(=O)O)cc1-n1c(C)cc([C@@H]2[C@@H](c3ccccn3)NC(=S)N2c2ccc(Sc3ccc([N+](=O)[O-])cc3)cc2)c1C. The summed E-state index contributed by atoms with van der Waals surface area (Å²) in [5, 5.41) is 24.8. The summed E-state index contributed by atoms with van der Waals surface area (Å²) in [7, 11) is 0. The summed E-state index contributed by atoms with van der Waals surface area (Å²) in [5.41, 5.74) is 6.82. The Kier molecular flexibility index (Phi) is 8.13. The van der Waals surface area contributed by atoms with Crippen molar-refractivity contribution in [1.29, 1.82) is 0 Å². The second kappa shape index (κ2) is 12.2. The summed E-state index contributed by atoms with van der Waals surface area (Å²) in [6, 6.07) is 27.2. The fourth-order valence-corrected chi connectivity index (χ4v) is 7.00. The van der Waals surface area contributed by atoms with Crippen LogP contribution in [0.4, 0.5) is 11.4 Å². The third-order valence-corrected chi connectivity index (χ3v) is 9.31. The van der Waals surface area contributed by atoms with Crippen LogP contribution in [-0.4, -0.2) is 30.7 Å². The van der Waals surface area contributed by atoms with Gasteiger partial charge in [-0.15, -0.1) is 0 Å². The van der Waals surface area contributed by atoms with Crippen molar-refractivity contribution in [2.24, 2.45) is 0 Å². The van der Waals surface area contributed by atoms with Crippen molar-refractivity contribution in [2.45, 2.75) is 42.6 Å². The molecule has 2 aromatic heterocycles. The number of aryl methyl sites for hydroxylation is 2. The molecule has 0 amide bonds. The summed E-state index contributed by atoms with van der Waals surface area (Å²) in [5.74, 6) is -0.971. The Labute approximate surface area is 269 Å². The quantitative estimate of drug-likeness (QED) is 0.100. The molecule has 1 aliphatic heterocycles. The van der Waals surface area contributed by atoms with Gasteiger partial charge >= 0.3 is 5.97 Å². The molecular formula is C34H29N5O4S2. The lowest BCUT2D eigenvalue weighted by molar-refractivity contribution is -0.384. The van der Waals surface area contributed by atoms with E-state index in [4.69, 9.17) is 12.2 Å². The molecule has 6 rings (SSSR count). The summed E-state index contributed by atoms with van der Waals surface area (Å²) >= 11 is 7.47. The summed E-state index contributed by atoms with van der Waals surface area (Å²) in [6.07, 6.45) is 1.77. The van der Waals surface area contributed by atoms with Crippen LogP contribution < -0.4 is 10.2 Å². The minimum absolute atomic E-state index is 0.0577. The average Bonchev–Trinajstić information content (AvgIpc) is 3.53. The summed E-state index contributed by atoms with van der Waals surface area (Å²) in [6.45, 7) is 6.05. The lowest BCUT2D eigenvalue weighted by atomic mass is 9.96. The molecule has 9 nitrogen and oxygen atoms in total. The molecule has 5 aromatic rings. The van der Waals surface area contributed by atoms with Gasteiger partial charge in [0, 0.05) is 50.9 Å². The maximum Gasteiger partial charge on any atom is 0.335 e. The Morgan fingerprint density at radius 1 is 0.978 bits per heavy atom. The summed E-state index contributed by atoms with van der Waals surface area (Å²) < 4.78 is 2.11. The van der Waals surface area contributed by atoms with Crippen molar-refractivity contribution in [1.82, 2.24) is 14.9 Å². The molecule has 1 aliphatic rings. The average molecular weight is 636 g/mol. The minimum atomic E-state index is -0.971. The summed E-state index contributed by atoms with van der Waals surface area (Å²) in [4.78, 5) is 31.1. The van der Waals surface area contributed by atoms with Gasteiger partial charge in [0.2, 0.25) is 0 Å². The van der Waals surface area contributed by atoms with E-state index in [1.165, 1.54) is 23.9 Å². The molecular weight excluding hydrogens is 607 g/mol. The predicted molar refractivity (Wildman–Crippen MR) is 179 cm³/mol. The van der Waals surface area contributed by atoms with Gasteiger partial charge in [-0.05, 0) is 111 Å². The molecule has 11 heteroatoms. The number of hydrogen-bond acceptors (Lipinski definition) is 6. The number of hydrogen-bond donors (Lipinski definition) is 2. The normalized spacial score (nSPS) is 16.1. The zero-order valence-electron chi connectivity index (χ0n) is 24.7. The van der Waals surface area contributed by atoms with Crippen molar-refractivity contribution in [2.75, 3.05) is 4.90 Å². The van der Waals surface area contributed by atoms with Gasteiger partial charge in [0.1, 0.15) is 0 Å². The van der Waals surface area contributed by atoms with Crippen LogP contribution >= 0.6 is 24.0 Å². The fourth-order valence-electron chi connectivity index (χ4n) is 5.84. The number of thiocarbonyl (C=S) groups is 1. The fraction of sp³-hybridized carbons (Fsp3) is 0.147. The molecule has 1 fully saturated rings. The molecule has 0 radical (unpaired) electrons. The van der Waals surface area contributed by atoms with Crippen LogP contribution in [0.2, 0.25) is 0 Å². The Morgan fingerprint density at radius 2 is 1.67 bits per heavy atom. The molecule has 0 spiro atoms. The van der Waals surface area contributed by atoms with E-state index in [1.54, 1.807) is 30.5 Å². The van der Waals surface area contributed by atoms with Crippen LogP contribution in [0.3, 0.4) is 0 Å². The van der Waals surface area contributed by atoms with Crippen LogP contribution in [0, 0.1) is 30.9 Å². The van der Waals surface area contributed by atoms with Crippen LogP contribution in [0.25, 0.3) is 5.69 Å². The van der Waals surface area contributed by atoms with Crippen molar-refractivity contribution in [3.05, 3.63) is 141 Å². The molecule has 2 atom stereocenters. The van der Waals surface area contributed by atoms with Crippen molar-refractivity contribution >= 4 is 46.4 Å². The first-order valence-corrected chi connectivity index (χ1v) is 15.4. The number of anilines is 1. The van der Waals surface area contributed by atoms with Crippen LogP contribution in [0.5, 0.6) is 0 Å². The maximum absolute atomic E-state index is 11.8. The van der Waals surface area contributed by atoms with E-state index in [0.717, 1.165) is 49.4 Å². The Hall–Kier alpha value is -5.00. The van der Waals surface area contributed by atoms with Gasteiger partial charge in [-0.25, -0.2) is 4.79 Å². The number of benzene rings is 3. The Bertz CT molecular complexity index is 1930. The highest BCUT2D eigenvalue weighted by molar-refractivity contribution is 7.99. The van der Waals surface area contributed by atoms with Crippen LogP contribution in [0.15, 0.2) is 107 Å². The number of carbonyl (C=O) groups is 1. The third-order valence-electron chi connectivity index (χ3n) is 7.98. The van der Waals surface area contributed by atoms with Gasteiger partial charge in [0.15, 0.2) is 5.11 Å². The molecule has 3 heterocycles. The number of non-ortho nitro benzene ring substituents is 1. The monoisotopic (exact) mass is 635 g/mol. The van der Waals surface area contributed by atoms with Gasteiger partial charge in [0.25, 0.3) is 5.69 Å². The van der Waals surface area contributed by atoms with E-state index >= 15 is 0 Å². The maximum atomic E-state index is 11.8. The van der Waals surface area contributed by atoms with Gasteiger partial charge in [-0.3, -0.25) is 15.1 Å². The topological polar surface area (TPSA) is 114 Å². The number of rotatable bonds is 8. The Balaban J connectivity index is 1.40. The predicted octanol–water partition coefficient (Wildman–Crippen LogP) is 7.73. The second-order valence-corrected chi connectivity index (χ2v) is 12.3. The molecule has 0 unspecified atom stereocenters. The molecule has 3 aromatic carbocycles. The number of nitrogens with one attached hydrogen (secondary N) is 1. The van der Waals surface area contributed by atoms with Gasteiger partial charge in [-0.1, -0.05) is 23.9 Å². The molecule has 45 heavy (non-hydrogen) atoms. The number of nitrogens with zero attached hydrogens (tertiary/aromatic N) is 4. The number of carboxylic acids is 1. The van der Waals surface area contributed by atoms with E-state index < -0.39 is 10.9 Å². The van der Waals surface area contributed by atoms with Crippen molar-refractivity contribution in [3.63, 3.8) is 0 Å².